The maximum Gasteiger partial charge on any atom is 0.342 e. The van der Waals surface area contributed by atoms with Crippen LogP contribution in [0.5, 0.6) is 5.75 Å². The fourth-order valence-corrected chi connectivity index (χ4v) is 1.45. The molecule has 0 radical (unpaired) electrons. The minimum atomic E-state index is -2.09. The van der Waals surface area contributed by atoms with Gasteiger partial charge in [0.05, 0.1) is 18.2 Å². The van der Waals surface area contributed by atoms with Gasteiger partial charge in [-0.05, 0) is 13.0 Å². The van der Waals surface area contributed by atoms with Gasteiger partial charge in [0.2, 0.25) is 6.17 Å². The molecule has 0 aliphatic rings. The van der Waals surface area contributed by atoms with Crippen molar-refractivity contribution in [2.75, 3.05) is 6.61 Å². The Morgan fingerprint density at radius 1 is 1.67 bits per heavy atom. The van der Waals surface area contributed by atoms with Gasteiger partial charge in [-0.15, -0.1) is 0 Å². The van der Waals surface area contributed by atoms with E-state index in [1.165, 1.54) is 18.2 Å². The van der Waals surface area contributed by atoms with E-state index in [2.05, 4.69) is 4.74 Å². The van der Waals surface area contributed by atoms with Gasteiger partial charge in [-0.3, -0.25) is 0 Å². The Balaban J connectivity index is 3.01. The molecule has 96 valence electrons. The summed E-state index contributed by atoms with van der Waals surface area (Å²) in [5, 5.41) is 18.4. The third-order valence-corrected chi connectivity index (χ3v) is 2.37. The van der Waals surface area contributed by atoms with Crippen LogP contribution in [0, 0.1) is 11.3 Å². The number of carbonyl (C=O) groups is 1. The number of nitrogens with two attached hydrogens (primary N) is 1. The molecule has 0 aliphatic heterocycles. The van der Waals surface area contributed by atoms with Crippen LogP contribution >= 0.6 is 0 Å². The standard InChI is InChI=1S/C12H13FN2O3/c1-2-18-12(17)9(13)10(15)8-5-3-4-7(6-14)11(8)16/h3-5,9-10,16H,2,15H2,1H3/t9?,10-/m1/s1. The first-order chi connectivity index (χ1) is 8.52. The summed E-state index contributed by atoms with van der Waals surface area (Å²) in [5.41, 5.74) is 5.52. The SMILES string of the molecule is CCOC(=O)C(F)[C@H](N)c1cccc(C#N)c1O. The normalized spacial score (nSPS) is 13.4. The fourth-order valence-electron chi connectivity index (χ4n) is 1.45. The number of aromatic hydroxyl groups is 1. The lowest BCUT2D eigenvalue weighted by molar-refractivity contribution is -0.149. The van der Waals surface area contributed by atoms with Crippen molar-refractivity contribution >= 4 is 5.97 Å². The zero-order valence-electron chi connectivity index (χ0n) is 9.76. The van der Waals surface area contributed by atoms with Crippen molar-refractivity contribution in [3.05, 3.63) is 29.3 Å². The lowest BCUT2D eigenvalue weighted by Crippen LogP contribution is -2.31. The topological polar surface area (TPSA) is 96.3 Å². The highest BCUT2D eigenvalue weighted by Gasteiger charge is 2.30. The van der Waals surface area contributed by atoms with Crippen molar-refractivity contribution < 1.29 is 19.0 Å². The molecule has 0 spiro atoms. The summed E-state index contributed by atoms with van der Waals surface area (Å²) in [6.45, 7) is 1.58. The Labute approximate surface area is 104 Å². The van der Waals surface area contributed by atoms with Crippen LogP contribution in [-0.2, 0) is 9.53 Å². The molecule has 3 N–H and O–H groups in total. The smallest absolute Gasteiger partial charge is 0.342 e. The highest BCUT2D eigenvalue weighted by molar-refractivity contribution is 5.76. The van der Waals surface area contributed by atoms with Gasteiger partial charge in [-0.1, -0.05) is 12.1 Å². The van der Waals surface area contributed by atoms with E-state index in [0.717, 1.165) is 0 Å². The number of phenols is 1. The molecular weight excluding hydrogens is 239 g/mol. The average molecular weight is 252 g/mol. The Morgan fingerprint density at radius 2 is 2.33 bits per heavy atom. The van der Waals surface area contributed by atoms with Crippen molar-refractivity contribution in [1.82, 2.24) is 0 Å². The quantitative estimate of drug-likeness (QED) is 0.784. The second kappa shape index (κ2) is 5.98. The van der Waals surface area contributed by atoms with Gasteiger partial charge in [-0.25, -0.2) is 9.18 Å². The number of hydrogen-bond acceptors (Lipinski definition) is 5. The van der Waals surface area contributed by atoms with E-state index >= 15 is 0 Å². The van der Waals surface area contributed by atoms with Crippen molar-refractivity contribution in [3.63, 3.8) is 0 Å². The molecule has 0 amide bonds. The molecule has 0 heterocycles. The lowest BCUT2D eigenvalue weighted by atomic mass is 9.99. The molecule has 1 rings (SSSR count). The molecule has 6 heteroatoms. The van der Waals surface area contributed by atoms with Gasteiger partial charge in [0.1, 0.15) is 11.8 Å². The predicted octanol–water partition coefficient (Wildman–Crippen LogP) is 1.16. The van der Waals surface area contributed by atoms with Crippen LogP contribution in [0.15, 0.2) is 18.2 Å². The monoisotopic (exact) mass is 252 g/mol. The molecule has 1 aromatic rings. The molecule has 2 atom stereocenters. The molecule has 0 saturated heterocycles. The van der Waals surface area contributed by atoms with E-state index in [4.69, 9.17) is 11.0 Å². The van der Waals surface area contributed by atoms with Crippen molar-refractivity contribution in [2.45, 2.75) is 19.1 Å². The molecule has 18 heavy (non-hydrogen) atoms. The summed E-state index contributed by atoms with van der Waals surface area (Å²) < 4.78 is 18.2. The number of para-hydroxylation sites is 1. The number of esters is 1. The van der Waals surface area contributed by atoms with Crippen LogP contribution in [0.4, 0.5) is 4.39 Å². The van der Waals surface area contributed by atoms with Crippen molar-refractivity contribution in [1.29, 1.82) is 5.26 Å². The Bertz CT molecular complexity index is 485. The molecule has 0 aliphatic carbocycles. The molecule has 0 fully saturated rings. The van der Waals surface area contributed by atoms with Gasteiger partial charge in [-0.2, -0.15) is 5.26 Å². The molecule has 5 nitrogen and oxygen atoms in total. The lowest BCUT2D eigenvalue weighted by Gasteiger charge is -2.17. The van der Waals surface area contributed by atoms with Crippen LogP contribution in [0.3, 0.4) is 0 Å². The fraction of sp³-hybridized carbons (Fsp3) is 0.333. The predicted molar refractivity (Wildman–Crippen MR) is 61.3 cm³/mol. The third kappa shape index (κ3) is 2.76. The summed E-state index contributed by atoms with van der Waals surface area (Å²) >= 11 is 0. The van der Waals surface area contributed by atoms with Crippen LogP contribution in [0.2, 0.25) is 0 Å². The highest BCUT2D eigenvalue weighted by Crippen LogP contribution is 2.29. The summed E-state index contributed by atoms with van der Waals surface area (Å²) in [6, 6.07) is 4.53. The molecule has 0 aromatic heterocycles. The van der Waals surface area contributed by atoms with Gasteiger partial charge >= 0.3 is 5.97 Å². The number of benzene rings is 1. The van der Waals surface area contributed by atoms with Crippen molar-refractivity contribution in [3.8, 4) is 11.8 Å². The summed E-state index contributed by atoms with van der Waals surface area (Å²) in [7, 11) is 0. The first kappa shape index (κ1) is 13.9. The van der Waals surface area contributed by atoms with E-state index in [0.29, 0.717) is 0 Å². The maximum atomic E-state index is 13.7. The first-order valence-corrected chi connectivity index (χ1v) is 5.31. The number of halogens is 1. The number of rotatable bonds is 4. The van der Waals surface area contributed by atoms with E-state index in [1.54, 1.807) is 13.0 Å². The van der Waals surface area contributed by atoms with Crippen molar-refractivity contribution in [2.24, 2.45) is 5.73 Å². The molecule has 1 aromatic carbocycles. The van der Waals surface area contributed by atoms with Crippen LogP contribution in [0.1, 0.15) is 24.1 Å². The Morgan fingerprint density at radius 3 is 2.89 bits per heavy atom. The molecule has 0 bridgehead atoms. The number of alkyl halides is 1. The number of nitriles is 1. The van der Waals surface area contributed by atoms with E-state index < -0.39 is 23.9 Å². The van der Waals surface area contributed by atoms with Crippen LogP contribution in [0.25, 0.3) is 0 Å². The molecule has 1 unspecified atom stereocenters. The number of hydrogen-bond donors (Lipinski definition) is 2. The summed E-state index contributed by atoms with van der Waals surface area (Å²) in [5.74, 6) is -1.51. The second-order valence-corrected chi connectivity index (χ2v) is 3.53. The van der Waals surface area contributed by atoms with Gasteiger partial charge in [0, 0.05) is 5.56 Å². The number of phenolic OH excluding ortho intramolecular Hbond substituents is 1. The second-order valence-electron chi connectivity index (χ2n) is 3.53. The van der Waals surface area contributed by atoms with Gasteiger partial charge < -0.3 is 15.6 Å². The van der Waals surface area contributed by atoms with Gasteiger partial charge in [0.25, 0.3) is 0 Å². The number of ether oxygens (including phenoxy) is 1. The van der Waals surface area contributed by atoms with E-state index in [9.17, 15) is 14.3 Å². The molecular formula is C12H13FN2O3. The summed E-state index contributed by atoms with van der Waals surface area (Å²) in [4.78, 5) is 11.2. The third-order valence-electron chi connectivity index (χ3n) is 2.37. The first-order valence-electron chi connectivity index (χ1n) is 5.31. The zero-order valence-corrected chi connectivity index (χ0v) is 9.76. The summed E-state index contributed by atoms with van der Waals surface area (Å²) in [6.07, 6.45) is -2.09. The van der Waals surface area contributed by atoms with Crippen LogP contribution in [-0.4, -0.2) is 23.9 Å². The largest absolute Gasteiger partial charge is 0.506 e. The number of nitrogens with zero attached hydrogens (tertiary/aromatic N) is 1. The number of carbonyl (C=O) groups excluding carboxylic acids is 1. The maximum absolute atomic E-state index is 13.7. The molecule has 0 saturated carbocycles. The minimum absolute atomic E-state index is 0.00500. The van der Waals surface area contributed by atoms with E-state index in [-0.39, 0.29) is 17.7 Å². The Hall–Kier alpha value is -2.13. The average Bonchev–Trinajstić information content (AvgIpc) is 2.37. The Kier molecular flexibility index (Phi) is 4.63. The highest BCUT2D eigenvalue weighted by atomic mass is 19.1. The zero-order chi connectivity index (χ0) is 13.7. The van der Waals surface area contributed by atoms with E-state index in [1.807, 2.05) is 0 Å². The minimum Gasteiger partial charge on any atom is -0.506 e. The van der Waals surface area contributed by atoms with Crippen LogP contribution < -0.4 is 5.73 Å². The van der Waals surface area contributed by atoms with Gasteiger partial charge in [0.15, 0.2) is 0 Å².